The number of ether oxygens (including phenoxy) is 1. The molecule has 2 aromatic carbocycles. The molecular weight excluding hydrogens is 334 g/mol. The number of hydrogen-bond donors (Lipinski definition) is 0. The number of amides is 1. The number of benzene rings is 2. The third-order valence-electron chi connectivity index (χ3n) is 3.40. The maximum atomic E-state index is 11.9. The molecule has 1 atom stereocenters. The molecule has 0 fully saturated rings. The highest BCUT2D eigenvalue weighted by molar-refractivity contribution is 6.31. The summed E-state index contributed by atoms with van der Waals surface area (Å²) in [7, 11) is 0. The van der Waals surface area contributed by atoms with Crippen LogP contribution in [0.25, 0.3) is 0 Å². The molecule has 122 valence electrons. The number of carbonyl (C=O) groups excluding carboxylic acids is 1. The van der Waals surface area contributed by atoms with Gasteiger partial charge in [-0.25, -0.2) is 0 Å². The summed E-state index contributed by atoms with van der Waals surface area (Å²) < 4.78 is 5.77. The third-order valence-corrected chi connectivity index (χ3v) is 3.64. The van der Waals surface area contributed by atoms with Gasteiger partial charge in [0.1, 0.15) is 0 Å². The molecule has 1 aliphatic rings. The Morgan fingerprint density at radius 1 is 1.29 bits per heavy atom. The Morgan fingerprint density at radius 3 is 2.71 bits per heavy atom. The Morgan fingerprint density at radius 2 is 2.04 bits per heavy atom. The average molecular weight is 346 g/mol. The van der Waals surface area contributed by atoms with Crippen molar-refractivity contribution in [1.29, 1.82) is 0 Å². The second-order valence-electron chi connectivity index (χ2n) is 5.10. The smallest absolute Gasteiger partial charge is 0.269 e. The molecule has 3 rings (SSSR count). The molecule has 7 nitrogen and oxygen atoms in total. The molecule has 0 aliphatic carbocycles. The zero-order valence-electron chi connectivity index (χ0n) is 12.5. The van der Waals surface area contributed by atoms with Crippen molar-refractivity contribution in [3.05, 3.63) is 74.8 Å². The molecule has 0 N–H and O–H groups in total. The van der Waals surface area contributed by atoms with Crippen molar-refractivity contribution in [3.8, 4) is 0 Å². The van der Waals surface area contributed by atoms with Crippen molar-refractivity contribution in [1.82, 2.24) is 5.01 Å². The molecule has 1 amide bonds. The van der Waals surface area contributed by atoms with Gasteiger partial charge in [0, 0.05) is 35.2 Å². The summed E-state index contributed by atoms with van der Waals surface area (Å²) in [6, 6.07) is 12.8. The summed E-state index contributed by atoms with van der Waals surface area (Å²) in [5.74, 6) is -0.118. The molecule has 24 heavy (non-hydrogen) atoms. The molecule has 0 unspecified atom stereocenters. The zero-order valence-corrected chi connectivity index (χ0v) is 13.3. The van der Waals surface area contributed by atoms with Crippen LogP contribution in [-0.4, -0.2) is 21.7 Å². The van der Waals surface area contributed by atoms with Crippen LogP contribution in [0, 0.1) is 10.1 Å². The first-order valence-electron chi connectivity index (χ1n) is 7.01. The van der Waals surface area contributed by atoms with E-state index in [4.69, 9.17) is 16.3 Å². The monoisotopic (exact) mass is 345 g/mol. The second-order valence-corrected chi connectivity index (χ2v) is 5.54. The maximum absolute atomic E-state index is 11.9. The van der Waals surface area contributed by atoms with Gasteiger partial charge in [-0.1, -0.05) is 29.8 Å². The Kier molecular flexibility index (Phi) is 4.18. The molecule has 0 spiro atoms. The van der Waals surface area contributed by atoms with E-state index in [0.29, 0.717) is 16.1 Å². The van der Waals surface area contributed by atoms with Gasteiger partial charge in [-0.2, -0.15) is 5.01 Å². The molecule has 2 aromatic rings. The first-order chi connectivity index (χ1) is 11.5. The van der Waals surface area contributed by atoms with E-state index < -0.39 is 11.2 Å². The SMILES string of the molecule is CC(=O)N1N=C(c2cccc(Cl)c2)O[C@@H]1c1cccc([N+](=O)[O-])c1. The van der Waals surface area contributed by atoms with E-state index in [1.165, 1.54) is 25.1 Å². The highest BCUT2D eigenvalue weighted by atomic mass is 35.5. The van der Waals surface area contributed by atoms with Crippen LogP contribution in [0.15, 0.2) is 53.6 Å². The van der Waals surface area contributed by atoms with Gasteiger partial charge in [0.15, 0.2) is 0 Å². The summed E-state index contributed by atoms with van der Waals surface area (Å²) >= 11 is 5.97. The van der Waals surface area contributed by atoms with Crippen LogP contribution >= 0.6 is 11.6 Å². The number of nitrogens with zero attached hydrogens (tertiary/aromatic N) is 3. The van der Waals surface area contributed by atoms with Gasteiger partial charge < -0.3 is 4.74 Å². The average Bonchev–Trinajstić information content (AvgIpc) is 3.00. The largest absolute Gasteiger partial charge is 0.446 e. The Hall–Kier alpha value is -2.93. The third kappa shape index (κ3) is 3.07. The standard InChI is InChI=1S/C16H12ClN3O4/c1-10(21)19-16(12-5-3-7-14(9-12)20(22)23)24-15(18-19)11-4-2-6-13(17)8-11/h2-9,16H,1H3/t16-/m1/s1. The van der Waals surface area contributed by atoms with Crippen LogP contribution in [0.5, 0.6) is 0 Å². The minimum atomic E-state index is -0.864. The van der Waals surface area contributed by atoms with Crippen molar-refractivity contribution in [2.75, 3.05) is 0 Å². The molecule has 0 saturated heterocycles. The predicted octanol–water partition coefficient (Wildman–Crippen LogP) is 3.49. The fourth-order valence-corrected chi connectivity index (χ4v) is 2.50. The number of nitro groups is 1. The molecule has 8 heteroatoms. The lowest BCUT2D eigenvalue weighted by Crippen LogP contribution is -2.25. The first kappa shape index (κ1) is 15.9. The fourth-order valence-electron chi connectivity index (χ4n) is 2.31. The summed E-state index contributed by atoms with van der Waals surface area (Å²) in [4.78, 5) is 22.3. The normalized spacial score (nSPS) is 16.5. The minimum Gasteiger partial charge on any atom is -0.446 e. The molecular formula is C16H12ClN3O4. The molecule has 0 bridgehead atoms. The van der Waals surface area contributed by atoms with E-state index >= 15 is 0 Å². The Balaban J connectivity index is 1.97. The van der Waals surface area contributed by atoms with Crippen LogP contribution < -0.4 is 0 Å². The van der Waals surface area contributed by atoms with Gasteiger partial charge in [0.05, 0.1) is 4.92 Å². The van der Waals surface area contributed by atoms with Crippen LogP contribution in [0.3, 0.4) is 0 Å². The van der Waals surface area contributed by atoms with Crippen molar-refractivity contribution >= 4 is 29.1 Å². The van der Waals surface area contributed by atoms with Gasteiger partial charge in [-0.3, -0.25) is 14.9 Å². The highest BCUT2D eigenvalue weighted by Crippen LogP contribution is 2.32. The van der Waals surface area contributed by atoms with Gasteiger partial charge in [-0.15, -0.1) is 5.10 Å². The van der Waals surface area contributed by atoms with Gasteiger partial charge in [0.2, 0.25) is 18.0 Å². The molecule has 0 saturated carbocycles. The van der Waals surface area contributed by atoms with E-state index in [2.05, 4.69) is 5.10 Å². The second kappa shape index (κ2) is 6.29. The predicted molar refractivity (Wildman–Crippen MR) is 87.4 cm³/mol. The Labute approximate surface area is 142 Å². The van der Waals surface area contributed by atoms with Crippen molar-refractivity contribution in [2.45, 2.75) is 13.2 Å². The van der Waals surface area contributed by atoms with Crippen molar-refractivity contribution < 1.29 is 14.5 Å². The van der Waals surface area contributed by atoms with Gasteiger partial charge in [0.25, 0.3) is 5.69 Å². The molecule has 0 radical (unpaired) electrons. The quantitative estimate of drug-likeness (QED) is 0.629. The number of hydrogen-bond acceptors (Lipinski definition) is 5. The number of nitro benzene ring substituents is 1. The zero-order chi connectivity index (χ0) is 17.3. The van der Waals surface area contributed by atoms with Gasteiger partial charge in [-0.05, 0) is 18.2 Å². The maximum Gasteiger partial charge on any atom is 0.269 e. The lowest BCUT2D eigenvalue weighted by molar-refractivity contribution is -0.385. The summed E-state index contributed by atoms with van der Waals surface area (Å²) in [6.45, 7) is 1.35. The van der Waals surface area contributed by atoms with E-state index in [9.17, 15) is 14.9 Å². The van der Waals surface area contributed by atoms with E-state index in [-0.39, 0.29) is 17.5 Å². The topological polar surface area (TPSA) is 85.0 Å². The molecule has 0 aromatic heterocycles. The lowest BCUT2D eigenvalue weighted by atomic mass is 10.1. The lowest BCUT2D eigenvalue weighted by Gasteiger charge is -2.19. The molecule has 1 aliphatic heterocycles. The van der Waals surface area contributed by atoms with Gasteiger partial charge >= 0.3 is 0 Å². The minimum absolute atomic E-state index is 0.0872. The first-order valence-corrected chi connectivity index (χ1v) is 7.39. The van der Waals surface area contributed by atoms with Crippen LogP contribution in [-0.2, 0) is 9.53 Å². The number of non-ortho nitro benzene ring substituents is 1. The molecule has 1 heterocycles. The van der Waals surface area contributed by atoms with Crippen LogP contribution in [0.2, 0.25) is 5.02 Å². The number of hydrazone groups is 1. The summed E-state index contributed by atoms with van der Waals surface area (Å²) in [5.41, 5.74) is 0.984. The van der Waals surface area contributed by atoms with Crippen molar-refractivity contribution in [2.24, 2.45) is 5.10 Å². The van der Waals surface area contributed by atoms with E-state index in [0.717, 1.165) is 5.01 Å². The summed E-state index contributed by atoms with van der Waals surface area (Å²) in [5, 5.41) is 16.8. The highest BCUT2D eigenvalue weighted by Gasteiger charge is 2.33. The number of halogens is 1. The summed E-state index contributed by atoms with van der Waals surface area (Å²) in [6.07, 6.45) is -0.864. The number of carbonyl (C=O) groups is 1. The van der Waals surface area contributed by atoms with Crippen LogP contribution in [0.4, 0.5) is 5.69 Å². The number of rotatable bonds is 3. The van der Waals surface area contributed by atoms with E-state index in [1.807, 2.05) is 0 Å². The Bertz CT molecular complexity index is 853. The van der Waals surface area contributed by atoms with E-state index in [1.54, 1.807) is 30.3 Å². The fraction of sp³-hybridized carbons (Fsp3) is 0.125. The van der Waals surface area contributed by atoms with Crippen molar-refractivity contribution in [3.63, 3.8) is 0 Å². The van der Waals surface area contributed by atoms with Crippen LogP contribution in [0.1, 0.15) is 24.3 Å².